The van der Waals surface area contributed by atoms with E-state index in [9.17, 15) is 4.79 Å². The molecule has 0 unspecified atom stereocenters. The van der Waals surface area contributed by atoms with Gasteiger partial charge in [-0.15, -0.1) is 0 Å². The number of benzene rings is 1. The lowest BCUT2D eigenvalue weighted by molar-refractivity contribution is 0.744. The first-order chi connectivity index (χ1) is 7.67. The Morgan fingerprint density at radius 2 is 2.06 bits per heavy atom. The van der Waals surface area contributed by atoms with Crippen molar-refractivity contribution in [3.8, 4) is 0 Å². The molecule has 0 radical (unpaired) electrons. The largest absolute Gasteiger partial charge is 0.305 e. The summed E-state index contributed by atoms with van der Waals surface area (Å²) in [6.45, 7) is 6.55. The Labute approximate surface area is 94.7 Å². The van der Waals surface area contributed by atoms with Crippen molar-refractivity contribution < 1.29 is 0 Å². The SMILES string of the molecule is CCc1ccc2c(c1)nc(C)c(=O)n2CC. The molecule has 1 heterocycles. The molecule has 0 aliphatic heterocycles. The number of rotatable bonds is 2. The lowest BCUT2D eigenvalue weighted by atomic mass is 10.1. The summed E-state index contributed by atoms with van der Waals surface area (Å²) in [5, 5.41) is 0. The molecule has 0 aliphatic rings. The van der Waals surface area contributed by atoms with Crippen LogP contribution in [-0.2, 0) is 13.0 Å². The van der Waals surface area contributed by atoms with Gasteiger partial charge in [0.15, 0.2) is 0 Å². The molecule has 1 aromatic heterocycles. The minimum atomic E-state index is 0.0132. The molecule has 0 amide bonds. The zero-order chi connectivity index (χ0) is 11.7. The van der Waals surface area contributed by atoms with Gasteiger partial charge >= 0.3 is 0 Å². The smallest absolute Gasteiger partial charge is 0.272 e. The highest BCUT2D eigenvalue weighted by Gasteiger charge is 2.06. The average molecular weight is 216 g/mol. The van der Waals surface area contributed by atoms with Crippen molar-refractivity contribution in [2.75, 3.05) is 0 Å². The van der Waals surface area contributed by atoms with Gasteiger partial charge in [-0.3, -0.25) is 4.79 Å². The monoisotopic (exact) mass is 216 g/mol. The number of aromatic nitrogens is 2. The van der Waals surface area contributed by atoms with Crippen LogP contribution in [0, 0.1) is 6.92 Å². The summed E-state index contributed by atoms with van der Waals surface area (Å²) in [5.41, 5.74) is 3.68. The lowest BCUT2D eigenvalue weighted by Gasteiger charge is -2.09. The number of hydrogen-bond acceptors (Lipinski definition) is 2. The first-order valence-corrected chi connectivity index (χ1v) is 5.67. The third-order valence-corrected chi connectivity index (χ3v) is 2.90. The van der Waals surface area contributed by atoms with Crippen molar-refractivity contribution in [2.24, 2.45) is 0 Å². The summed E-state index contributed by atoms with van der Waals surface area (Å²) in [6.07, 6.45) is 0.988. The zero-order valence-electron chi connectivity index (χ0n) is 9.95. The maximum Gasteiger partial charge on any atom is 0.272 e. The van der Waals surface area contributed by atoms with E-state index in [4.69, 9.17) is 0 Å². The van der Waals surface area contributed by atoms with Crippen LogP contribution in [0.3, 0.4) is 0 Å². The Kier molecular flexibility index (Phi) is 2.77. The van der Waals surface area contributed by atoms with Crippen LogP contribution in [0.1, 0.15) is 25.1 Å². The quantitative estimate of drug-likeness (QED) is 0.772. The standard InChI is InChI=1S/C13H16N2O/c1-4-10-6-7-12-11(8-10)14-9(3)13(16)15(12)5-2/h6-8H,4-5H2,1-3H3. The predicted molar refractivity (Wildman–Crippen MR) is 65.8 cm³/mol. The van der Waals surface area contributed by atoms with E-state index >= 15 is 0 Å². The maximum absolute atomic E-state index is 11.9. The third kappa shape index (κ3) is 1.62. The number of fused-ring (bicyclic) bond motifs is 1. The second kappa shape index (κ2) is 4.08. The van der Waals surface area contributed by atoms with Crippen molar-refractivity contribution in [1.29, 1.82) is 0 Å². The van der Waals surface area contributed by atoms with Gasteiger partial charge in [0.25, 0.3) is 5.56 Å². The first-order valence-electron chi connectivity index (χ1n) is 5.67. The highest BCUT2D eigenvalue weighted by Crippen LogP contribution is 2.13. The van der Waals surface area contributed by atoms with Gasteiger partial charge in [-0.25, -0.2) is 4.98 Å². The molecule has 3 nitrogen and oxygen atoms in total. The summed E-state index contributed by atoms with van der Waals surface area (Å²) in [5.74, 6) is 0. The molecular weight excluding hydrogens is 200 g/mol. The van der Waals surface area contributed by atoms with Crippen LogP contribution >= 0.6 is 0 Å². The molecule has 0 N–H and O–H groups in total. The van der Waals surface area contributed by atoms with Crippen LogP contribution in [0.15, 0.2) is 23.0 Å². The van der Waals surface area contributed by atoms with Crippen LogP contribution in [0.2, 0.25) is 0 Å². The van der Waals surface area contributed by atoms with Gasteiger partial charge in [0.1, 0.15) is 5.69 Å². The second-order valence-electron chi connectivity index (χ2n) is 3.92. The summed E-state index contributed by atoms with van der Waals surface area (Å²) < 4.78 is 1.77. The third-order valence-electron chi connectivity index (χ3n) is 2.90. The lowest BCUT2D eigenvalue weighted by Crippen LogP contribution is -2.23. The summed E-state index contributed by atoms with van der Waals surface area (Å²) in [4.78, 5) is 16.2. The molecule has 0 bridgehead atoms. The van der Waals surface area contributed by atoms with E-state index in [0.29, 0.717) is 12.2 Å². The Balaban J connectivity index is 2.85. The fraction of sp³-hybridized carbons (Fsp3) is 0.385. The van der Waals surface area contributed by atoms with Crippen molar-refractivity contribution in [3.63, 3.8) is 0 Å². The van der Waals surface area contributed by atoms with Gasteiger partial charge in [-0.05, 0) is 38.0 Å². The van der Waals surface area contributed by atoms with Crippen LogP contribution in [-0.4, -0.2) is 9.55 Å². The molecule has 0 saturated heterocycles. The van der Waals surface area contributed by atoms with E-state index in [1.165, 1.54) is 5.56 Å². The Bertz CT molecular complexity index is 584. The summed E-state index contributed by atoms with van der Waals surface area (Å²) in [6, 6.07) is 6.12. The number of hydrogen-bond donors (Lipinski definition) is 0. The molecule has 0 atom stereocenters. The van der Waals surface area contributed by atoms with E-state index in [1.807, 2.05) is 13.0 Å². The average Bonchev–Trinajstić information content (AvgIpc) is 2.30. The highest BCUT2D eigenvalue weighted by molar-refractivity contribution is 5.75. The van der Waals surface area contributed by atoms with Gasteiger partial charge in [-0.1, -0.05) is 13.0 Å². The number of aryl methyl sites for hydroxylation is 3. The van der Waals surface area contributed by atoms with Gasteiger partial charge < -0.3 is 4.57 Å². The summed E-state index contributed by atoms with van der Waals surface area (Å²) >= 11 is 0. The molecule has 0 spiro atoms. The van der Waals surface area contributed by atoms with Crippen molar-refractivity contribution in [3.05, 3.63) is 39.8 Å². The van der Waals surface area contributed by atoms with E-state index in [1.54, 1.807) is 11.5 Å². The van der Waals surface area contributed by atoms with Gasteiger partial charge in [0.2, 0.25) is 0 Å². The zero-order valence-corrected chi connectivity index (χ0v) is 9.95. The minimum absolute atomic E-state index is 0.0132. The molecule has 1 aromatic carbocycles. The van der Waals surface area contributed by atoms with E-state index in [-0.39, 0.29) is 5.56 Å². The van der Waals surface area contributed by atoms with Gasteiger partial charge in [-0.2, -0.15) is 0 Å². The van der Waals surface area contributed by atoms with Crippen molar-refractivity contribution >= 4 is 11.0 Å². The van der Waals surface area contributed by atoms with Gasteiger partial charge in [0, 0.05) is 6.54 Å². The van der Waals surface area contributed by atoms with Crippen molar-refractivity contribution in [2.45, 2.75) is 33.7 Å². The van der Waals surface area contributed by atoms with E-state index < -0.39 is 0 Å². The molecule has 16 heavy (non-hydrogen) atoms. The fourth-order valence-corrected chi connectivity index (χ4v) is 1.95. The highest BCUT2D eigenvalue weighted by atomic mass is 16.1. The minimum Gasteiger partial charge on any atom is -0.305 e. The van der Waals surface area contributed by atoms with Crippen LogP contribution < -0.4 is 5.56 Å². The molecular formula is C13H16N2O. The Morgan fingerprint density at radius 1 is 1.31 bits per heavy atom. The van der Waals surface area contributed by atoms with Crippen molar-refractivity contribution in [1.82, 2.24) is 9.55 Å². The van der Waals surface area contributed by atoms with Gasteiger partial charge in [0.05, 0.1) is 11.0 Å². The Morgan fingerprint density at radius 3 is 2.69 bits per heavy atom. The molecule has 0 fully saturated rings. The molecule has 84 valence electrons. The topological polar surface area (TPSA) is 34.9 Å². The Hall–Kier alpha value is -1.64. The maximum atomic E-state index is 11.9. The second-order valence-corrected chi connectivity index (χ2v) is 3.92. The molecule has 0 aliphatic carbocycles. The van der Waals surface area contributed by atoms with Crippen LogP contribution in [0.5, 0.6) is 0 Å². The predicted octanol–water partition coefficient (Wildman–Crippen LogP) is 2.29. The molecule has 0 saturated carbocycles. The summed E-state index contributed by atoms with van der Waals surface area (Å²) in [7, 11) is 0. The molecule has 2 aromatic rings. The fourth-order valence-electron chi connectivity index (χ4n) is 1.95. The van der Waals surface area contributed by atoms with Crippen LogP contribution in [0.25, 0.3) is 11.0 Å². The molecule has 2 rings (SSSR count). The molecule has 3 heteroatoms. The van der Waals surface area contributed by atoms with Crippen LogP contribution in [0.4, 0.5) is 0 Å². The van der Waals surface area contributed by atoms with E-state index in [0.717, 1.165) is 17.5 Å². The normalized spacial score (nSPS) is 10.9. The van der Waals surface area contributed by atoms with E-state index in [2.05, 4.69) is 24.0 Å². The first kappa shape index (κ1) is 10.9. The number of nitrogens with zero attached hydrogens (tertiary/aromatic N) is 2.